The van der Waals surface area contributed by atoms with Gasteiger partial charge in [-0.2, -0.15) is 0 Å². The van der Waals surface area contributed by atoms with E-state index in [4.69, 9.17) is 17.3 Å². The van der Waals surface area contributed by atoms with Crippen molar-refractivity contribution >= 4 is 23.2 Å². The number of aromatic nitrogens is 1. The highest BCUT2D eigenvalue weighted by atomic mass is 35.5. The van der Waals surface area contributed by atoms with Crippen molar-refractivity contribution in [2.75, 3.05) is 11.9 Å². The lowest BCUT2D eigenvalue weighted by Gasteiger charge is -2.27. The molecule has 0 saturated carbocycles. The third-order valence-corrected chi connectivity index (χ3v) is 3.74. The van der Waals surface area contributed by atoms with Crippen molar-refractivity contribution in [3.05, 3.63) is 58.9 Å². The van der Waals surface area contributed by atoms with E-state index in [1.54, 1.807) is 12.3 Å². The number of carbonyl (C=O) groups excluding carboxylic acids is 1. The summed E-state index contributed by atoms with van der Waals surface area (Å²) < 4.78 is 0. The first-order valence-corrected chi connectivity index (χ1v) is 7.02. The molecule has 0 spiro atoms. The molecule has 3 N–H and O–H groups in total. The standard InChI is InChI=1S/C16H18ClN3O/c1-16(2,12-5-3-4-6-13(12)17)10-20-14-7-8-19-9-11(14)15(18)21/h3-9H,10H2,1-2H3,(H2,18,21)(H,19,20). The van der Waals surface area contributed by atoms with Crippen LogP contribution in [0.25, 0.3) is 0 Å². The summed E-state index contributed by atoms with van der Waals surface area (Å²) in [6, 6.07) is 9.49. The lowest BCUT2D eigenvalue weighted by molar-refractivity contribution is 0.100. The number of hydrogen-bond donors (Lipinski definition) is 2. The minimum absolute atomic E-state index is 0.198. The minimum atomic E-state index is -0.499. The molecule has 2 rings (SSSR count). The predicted octanol–water partition coefficient (Wildman–Crippen LogP) is 3.22. The molecule has 1 heterocycles. The molecule has 0 saturated heterocycles. The molecule has 0 aliphatic carbocycles. The van der Waals surface area contributed by atoms with Crippen molar-refractivity contribution in [2.45, 2.75) is 19.3 Å². The number of nitrogens with one attached hydrogen (secondary N) is 1. The van der Waals surface area contributed by atoms with E-state index in [0.29, 0.717) is 17.8 Å². The number of nitrogens with two attached hydrogens (primary N) is 1. The fourth-order valence-electron chi connectivity index (χ4n) is 2.17. The summed E-state index contributed by atoms with van der Waals surface area (Å²) >= 11 is 6.26. The number of halogens is 1. The molecule has 1 amide bonds. The van der Waals surface area contributed by atoms with Crippen LogP contribution in [0.5, 0.6) is 0 Å². The predicted molar refractivity (Wildman–Crippen MR) is 85.7 cm³/mol. The van der Waals surface area contributed by atoms with E-state index in [9.17, 15) is 4.79 Å². The largest absolute Gasteiger partial charge is 0.383 e. The van der Waals surface area contributed by atoms with Gasteiger partial charge in [0.15, 0.2) is 0 Å². The summed E-state index contributed by atoms with van der Waals surface area (Å²) in [6.07, 6.45) is 3.09. The summed E-state index contributed by atoms with van der Waals surface area (Å²) in [5.74, 6) is -0.499. The molecule has 0 unspecified atom stereocenters. The number of amides is 1. The first kappa shape index (κ1) is 15.3. The van der Waals surface area contributed by atoms with E-state index in [1.165, 1.54) is 6.20 Å². The summed E-state index contributed by atoms with van der Waals surface area (Å²) in [6.45, 7) is 4.79. The van der Waals surface area contributed by atoms with Gasteiger partial charge in [-0.3, -0.25) is 9.78 Å². The summed E-state index contributed by atoms with van der Waals surface area (Å²) in [5.41, 5.74) is 7.26. The minimum Gasteiger partial charge on any atom is -0.383 e. The molecular formula is C16H18ClN3O. The van der Waals surface area contributed by atoms with Crippen LogP contribution in [-0.2, 0) is 5.41 Å². The van der Waals surface area contributed by atoms with E-state index >= 15 is 0 Å². The third-order valence-electron chi connectivity index (χ3n) is 3.41. The van der Waals surface area contributed by atoms with Gasteiger partial charge in [0.05, 0.1) is 11.3 Å². The van der Waals surface area contributed by atoms with Crippen LogP contribution in [0.1, 0.15) is 29.8 Å². The molecule has 0 aliphatic heterocycles. The maximum atomic E-state index is 11.4. The molecule has 2 aromatic rings. The SMILES string of the molecule is CC(C)(CNc1ccncc1C(N)=O)c1ccccc1Cl. The van der Waals surface area contributed by atoms with Gasteiger partial charge in [-0.1, -0.05) is 43.6 Å². The van der Waals surface area contributed by atoms with Crippen LogP contribution in [0.3, 0.4) is 0 Å². The zero-order valence-corrected chi connectivity index (χ0v) is 12.8. The van der Waals surface area contributed by atoms with Gasteiger partial charge in [0, 0.05) is 29.4 Å². The van der Waals surface area contributed by atoms with E-state index < -0.39 is 5.91 Å². The molecule has 0 radical (unpaired) electrons. The Labute approximate surface area is 129 Å². The number of hydrogen-bond acceptors (Lipinski definition) is 3. The summed E-state index contributed by atoms with van der Waals surface area (Å²) in [4.78, 5) is 15.3. The van der Waals surface area contributed by atoms with Crippen LogP contribution in [0.2, 0.25) is 5.02 Å². The van der Waals surface area contributed by atoms with Gasteiger partial charge in [0.2, 0.25) is 0 Å². The Kier molecular flexibility index (Phi) is 4.48. The van der Waals surface area contributed by atoms with Crippen molar-refractivity contribution in [3.63, 3.8) is 0 Å². The number of anilines is 1. The van der Waals surface area contributed by atoms with Gasteiger partial charge in [-0.25, -0.2) is 0 Å². The Morgan fingerprint density at radius 1 is 1.33 bits per heavy atom. The second-order valence-electron chi connectivity index (χ2n) is 5.50. The smallest absolute Gasteiger partial charge is 0.252 e. The van der Waals surface area contributed by atoms with Gasteiger partial charge in [-0.05, 0) is 17.7 Å². The first-order chi connectivity index (χ1) is 9.92. The summed E-state index contributed by atoms with van der Waals surface area (Å²) in [5, 5.41) is 3.99. The van der Waals surface area contributed by atoms with E-state index in [2.05, 4.69) is 24.1 Å². The maximum absolute atomic E-state index is 11.4. The Hall–Kier alpha value is -2.07. The molecule has 0 atom stereocenters. The second kappa shape index (κ2) is 6.14. The number of rotatable bonds is 5. The van der Waals surface area contributed by atoms with Crippen LogP contribution in [0.4, 0.5) is 5.69 Å². The molecule has 1 aromatic heterocycles. The lowest BCUT2D eigenvalue weighted by atomic mass is 9.84. The molecule has 5 heteroatoms. The number of pyridine rings is 1. The Morgan fingerprint density at radius 3 is 2.71 bits per heavy atom. The van der Waals surface area contributed by atoms with Crippen molar-refractivity contribution in [2.24, 2.45) is 5.73 Å². The van der Waals surface area contributed by atoms with Crippen molar-refractivity contribution in [3.8, 4) is 0 Å². The fourth-order valence-corrected chi connectivity index (χ4v) is 2.56. The van der Waals surface area contributed by atoms with Gasteiger partial charge < -0.3 is 11.1 Å². The van der Waals surface area contributed by atoms with Crippen LogP contribution in [0, 0.1) is 0 Å². The zero-order valence-electron chi connectivity index (χ0n) is 12.1. The van der Waals surface area contributed by atoms with Crippen LogP contribution < -0.4 is 11.1 Å². The average Bonchev–Trinajstić information content (AvgIpc) is 2.45. The Bertz CT molecular complexity index is 655. The highest BCUT2D eigenvalue weighted by molar-refractivity contribution is 6.31. The van der Waals surface area contributed by atoms with Gasteiger partial charge >= 0.3 is 0 Å². The molecule has 0 fully saturated rings. The molecular weight excluding hydrogens is 286 g/mol. The van der Waals surface area contributed by atoms with Crippen molar-refractivity contribution in [1.82, 2.24) is 4.98 Å². The lowest BCUT2D eigenvalue weighted by Crippen LogP contribution is -2.29. The van der Waals surface area contributed by atoms with Crippen LogP contribution in [-0.4, -0.2) is 17.4 Å². The van der Waals surface area contributed by atoms with E-state index in [1.807, 2.05) is 24.3 Å². The van der Waals surface area contributed by atoms with E-state index in [0.717, 1.165) is 10.6 Å². The normalized spacial score (nSPS) is 11.2. The van der Waals surface area contributed by atoms with Gasteiger partial charge in [0.1, 0.15) is 0 Å². The number of nitrogens with zero attached hydrogens (tertiary/aromatic N) is 1. The zero-order chi connectivity index (χ0) is 15.5. The van der Waals surface area contributed by atoms with Crippen LogP contribution in [0.15, 0.2) is 42.7 Å². The molecule has 110 valence electrons. The first-order valence-electron chi connectivity index (χ1n) is 6.64. The van der Waals surface area contributed by atoms with E-state index in [-0.39, 0.29) is 5.41 Å². The quantitative estimate of drug-likeness (QED) is 0.891. The third kappa shape index (κ3) is 3.52. The fraction of sp³-hybridized carbons (Fsp3) is 0.250. The Balaban J connectivity index is 2.20. The highest BCUT2D eigenvalue weighted by Crippen LogP contribution is 2.30. The average molecular weight is 304 g/mol. The molecule has 21 heavy (non-hydrogen) atoms. The molecule has 0 aliphatic rings. The topological polar surface area (TPSA) is 68.0 Å². The molecule has 1 aromatic carbocycles. The van der Waals surface area contributed by atoms with Gasteiger partial charge in [-0.15, -0.1) is 0 Å². The molecule has 0 bridgehead atoms. The second-order valence-corrected chi connectivity index (χ2v) is 5.91. The molecule has 4 nitrogen and oxygen atoms in total. The van der Waals surface area contributed by atoms with Crippen molar-refractivity contribution in [1.29, 1.82) is 0 Å². The highest BCUT2D eigenvalue weighted by Gasteiger charge is 2.23. The monoisotopic (exact) mass is 303 g/mol. The summed E-state index contributed by atoms with van der Waals surface area (Å²) in [7, 11) is 0. The number of carbonyl (C=O) groups is 1. The van der Waals surface area contributed by atoms with Crippen LogP contribution >= 0.6 is 11.6 Å². The van der Waals surface area contributed by atoms with Crippen molar-refractivity contribution < 1.29 is 4.79 Å². The number of primary amides is 1. The maximum Gasteiger partial charge on any atom is 0.252 e. The number of benzene rings is 1. The van der Waals surface area contributed by atoms with Gasteiger partial charge in [0.25, 0.3) is 5.91 Å². The Morgan fingerprint density at radius 2 is 2.05 bits per heavy atom.